The number of piperidine rings is 1. The molecule has 2 bridgehead atoms. The molecule has 2 aliphatic carbocycles. The molecule has 9 heteroatoms. The smallest absolute Gasteiger partial charge is 0.398 e. The molecule has 0 radical (unpaired) electrons. The molecule has 4 aliphatic rings. The van der Waals surface area contributed by atoms with Gasteiger partial charge in [-0.2, -0.15) is 8.42 Å². The first kappa shape index (κ1) is 17.0. The lowest BCUT2D eigenvalue weighted by atomic mass is 9.53. The molecule has 7 nitrogen and oxygen atoms in total. The minimum atomic E-state index is -4.63. The van der Waals surface area contributed by atoms with Gasteiger partial charge in [0, 0.05) is 22.9 Å². The summed E-state index contributed by atoms with van der Waals surface area (Å²) in [6.45, 7) is 0.836. The van der Waals surface area contributed by atoms with Crippen molar-refractivity contribution in [2.75, 3.05) is 13.6 Å². The molecule has 2 aliphatic heterocycles. The maximum absolute atomic E-state index is 11.3. The third-order valence-corrected chi connectivity index (χ3v) is 7.50. The molecule has 1 aromatic rings. The Bertz CT molecular complexity index is 947. The summed E-state index contributed by atoms with van der Waals surface area (Å²) in [7, 11) is -2.54. The first-order valence-electron chi connectivity index (χ1n) is 8.48. The fraction of sp³-hybridized carbons (Fsp3) is 0.529. The Balaban J connectivity index is 1.75. The molecule has 1 aromatic carbocycles. The van der Waals surface area contributed by atoms with E-state index in [4.69, 9.17) is 8.92 Å². The van der Waals surface area contributed by atoms with Gasteiger partial charge in [0.05, 0.1) is 4.47 Å². The highest BCUT2D eigenvalue weighted by Crippen LogP contribution is 2.63. The first-order valence-corrected chi connectivity index (χ1v) is 10.6. The number of halogens is 1. The SMILES string of the molecule is CN1CC[C@]23c4c5cc(Br)c(O)c4O[C@H]2[C@@H](OS(=O)(=O)O)C=C[C@H]3[C@H]1C5. The molecular formula is C17H18BrNO6S. The zero-order chi connectivity index (χ0) is 18.4. The summed E-state index contributed by atoms with van der Waals surface area (Å²) < 4.78 is 43.5. The van der Waals surface area contributed by atoms with E-state index in [2.05, 4.69) is 27.9 Å². The molecular weight excluding hydrogens is 426 g/mol. The predicted molar refractivity (Wildman–Crippen MR) is 95.7 cm³/mol. The Morgan fingerprint density at radius 3 is 2.92 bits per heavy atom. The van der Waals surface area contributed by atoms with Crippen molar-refractivity contribution in [1.82, 2.24) is 4.90 Å². The van der Waals surface area contributed by atoms with Crippen molar-refractivity contribution in [1.29, 1.82) is 0 Å². The number of aromatic hydroxyl groups is 1. The number of hydrogen-bond donors (Lipinski definition) is 2. The highest BCUT2D eigenvalue weighted by molar-refractivity contribution is 9.10. The van der Waals surface area contributed by atoms with Gasteiger partial charge in [-0.1, -0.05) is 12.2 Å². The van der Waals surface area contributed by atoms with Gasteiger partial charge in [0.15, 0.2) is 11.5 Å². The van der Waals surface area contributed by atoms with Crippen LogP contribution in [0.2, 0.25) is 0 Å². The first-order chi connectivity index (χ1) is 12.2. The van der Waals surface area contributed by atoms with Crippen molar-refractivity contribution in [2.45, 2.75) is 36.5 Å². The highest BCUT2D eigenvalue weighted by atomic mass is 79.9. The number of nitrogens with zero attached hydrogens (tertiary/aromatic N) is 1. The van der Waals surface area contributed by atoms with E-state index in [0.29, 0.717) is 10.2 Å². The van der Waals surface area contributed by atoms with Gasteiger partial charge in [0.2, 0.25) is 0 Å². The van der Waals surface area contributed by atoms with E-state index < -0.39 is 28.0 Å². The van der Waals surface area contributed by atoms with Gasteiger partial charge in [-0.25, -0.2) is 4.18 Å². The molecule has 140 valence electrons. The van der Waals surface area contributed by atoms with Crippen LogP contribution in [0.3, 0.4) is 0 Å². The van der Waals surface area contributed by atoms with Gasteiger partial charge >= 0.3 is 10.4 Å². The normalized spacial score (nSPS) is 37.3. The van der Waals surface area contributed by atoms with Crippen LogP contribution >= 0.6 is 15.9 Å². The van der Waals surface area contributed by atoms with Gasteiger partial charge < -0.3 is 14.7 Å². The van der Waals surface area contributed by atoms with Gasteiger partial charge in [0.1, 0.15) is 12.2 Å². The number of hydrogen-bond acceptors (Lipinski definition) is 6. The predicted octanol–water partition coefficient (Wildman–Crippen LogP) is 1.79. The second-order valence-corrected chi connectivity index (χ2v) is 9.45. The summed E-state index contributed by atoms with van der Waals surface area (Å²) in [6.07, 6.45) is 3.68. The minimum absolute atomic E-state index is 0.0225. The van der Waals surface area contributed by atoms with Crippen molar-refractivity contribution in [2.24, 2.45) is 5.92 Å². The van der Waals surface area contributed by atoms with Crippen LogP contribution in [0.4, 0.5) is 0 Å². The second-order valence-electron chi connectivity index (χ2n) is 7.55. The topological polar surface area (TPSA) is 96.3 Å². The maximum Gasteiger partial charge on any atom is 0.398 e. The summed E-state index contributed by atoms with van der Waals surface area (Å²) in [4.78, 5) is 2.32. The standard InChI is InChI=1S/C17H18BrNO6S/c1-19-5-4-17-9-2-3-12(25-26(21,22)23)16(17)24-15-13(17)8(7-11(9)19)6-10(18)14(15)20/h2-3,6,9,11-12,16,20H,4-5,7H2,1H3,(H,21,22,23)/t9-,11+,12-,16-,17-/m0/s1. The molecule has 0 aromatic heterocycles. The number of phenolic OH excluding ortho intramolecular Hbond substituents is 1. The summed E-state index contributed by atoms with van der Waals surface area (Å²) >= 11 is 3.39. The van der Waals surface area contributed by atoms with Crippen LogP contribution in [0.15, 0.2) is 22.7 Å². The lowest BCUT2D eigenvalue weighted by Gasteiger charge is -2.56. The Morgan fingerprint density at radius 1 is 1.42 bits per heavy atom. The van der Waals surface area contributed by atoms with E-state index in [1.807, 2.05) is 12.1 Å². The number of likely N-dealkylation sites (N-methyl/N-ethyl adjacent to an activating group) is 1. The number of ether oxygens (including phenoxy) is 1. The Kier molecular flexibility index (Phi) is 3.42. The molecule has 5 atom stereocenters. The number of rotatable bonds is 2. The molecule has 0 saturated carbocycles. The minimum Gasteiger partial charge on any atom is -0.503 e. The monoisotopic (exact) mass is 443 g/mol. The zero-order valence-corrected chi connectivity index (χ0v) is 16.3. The number of likely N-dealkylation sites (tertiary alicyclic amines) is 1. The Morgan fingerprint density at radius 2 is 2.19 bits per heavy atom. The van der Waals surface area contributed by atoms with E-state index in [9.17, 15) is 18.1 Å². The van der Waals surface area contributed by atoms with Crippen molar-refractivity contribution in [3.8, 4) is 11.5 Å². The molecule has 5 rings (SSSR count). The average Bonchev–Trinajstić information content (AvgIpc) is 2.90. The van der Waals surface area contributed by atoms with E-state index >= 15 is 0 Å². The average molecular weight is 444 g/mol. The van der Waals surface area contributed by atoms with E-state index in [1.165, 1.54) is 0 Å². The summed E-state index contributed by atoms with van der Waals surface area (Å²) in [5.41, 5.74) is 1.59. The molecule has 0 unspecified atom stereocenters. The van der Waals surface area contributed by atoms with Crippen LogP contribution in [-0.2, 0) is 26.4 Å². The van der Waals surface area contributed by atoms with Gasteiger partial charge in [-0.05, 0) is 54.0 Å². The van der Waals surface area contributed by atoms with Gasteiger partial charge in [-0.15, -0.1) is 0 Å². The van der Waals surface area contributed by atoms with Crippen LogP contribution in [0.5, 0.6) is 11.5 Å². The maximum atomic E-state index is 11.3. The molecule has 1 fully saturated rings. The van der Waals surface area contributed by atoms with E-state index in [0.717, 1.165) is 30.5 Å². The van der Waals surface area contributed by atoms with Crippen molar-refractivity contribution in [3.63, 3.8) is 0 Å². The van der Waals surface area contributed by atoms with Crippen molar-refractivity contribution < 1.29 is 27.0 Å². The molecule has 2 heterocycles. The third-order valence-electron chi connectivity index (χ3n) is 6.43. The van der Waals surface area contributed by atoms with Crippen LogP contribution in [-0.4, -0.2) is 54.8 Å². The summed E-state index contributed by atoms with van der Waals surface area (Å²) in [6, 6.07) is 2.19. The third kappa shape index (κ3) is 2.06. The lowest BCUT2D eigenvalue weighted by molar-refractivity contribution is -0.0389. The van der Waals surface area contributed by atoms with Gasteiger partial charge in [-0.3, -0.25) is 4.55 Å². The fourth-order valence-corrected chi connectivity index (χ4v) is 6.39. The highest BCUT2D eigenvalue weighted by Gasteiger charge is 2.65. The Hall–Kier alpha value is -1.13. The lowest BCUT2D eigenvalue weighted by Crippen LogP contribution is -2.65. The van der Waals surface area contributed by atoms with Gasteiger partial charge in [0.25, 0.3) is 0 Å². The summed E-state index contributed by atoms with van der Waals surface area (Å²) in [5.74, 6) is 0.552. The molecule has 26 heavy (non-hydrogen) atoms. The number of phenols is 1. The molecule has 0 amide bonds. The van der Waals surface area contributed by atoms with E-state index in [-0.39, 0.29) is 17.7 Å². The van der Waals surface area contributed by atoms with Crippen molar-refractivity contribution >= 4 is 26.3 Å². The largest absolute Gasteiger partial charge is 0.503 e. The number of benzene rings is 1. The van der Waals surface area contributed by atoms with E-state index in [1.54, 1.807) is 6.08 Å². The quantitative estimate of drug-likeness (QED) is 0.531. The Labute approximate surface area is 159 Å². The zero-order valence-electron chi connectivity index (χ0n) is 13.9. The summed E-state index contributed by atoms with van der Waals surface area (Å²) in [5, 5.41) is 10.6. The molecule has 1 spiro atoms. The van der Waals surface area contributed by atoms with Crippen LogP contribution in [0.1, 0.15) is 17.5 Å². The fourth-order valence-electron chi connectivity index (χ4n) is 5.48. The van der Waals surface area contributed by atoms with Crippen molar-refractivity contribution in [3.05, 3.63) is 33.8 Å². The van der Waals surface area contributed by atoms with Crippen LogP contribution in [0, 0.1) is 5.92 Å². The molecule has 2 N–H and O–H groups in total. The van der Waals surface area contributed by atoms with Crippen LogP contribution in [0.25, 0.3) is 0 Å². The van der Waals surface area contributed by atoms with Crippen LogP contribution < -0.4 is 4.74 Å². The molecule has 1 saturated heterocycles. The second kappa shape index (κ2) is 5.23.